The van der Waals surface area contributed by atoms with Gasteiger partial charge in [-0.1, -0.05) is 54.6 Å². The first kappa shape index (κ1) is 21.9. The van der Waals surface area contributed by atoms with Crippen LogP contribution >= 0.6 is 11.6 Å². The number of nitrogens with zero attached hydrogens (tertiary/aromatic N) is 3. The summed E-state index contributed by atoms with van der Waals surface area (Å²) in [6.07, 6.45) is 3.34. The van der Waals surface area contributed by atoms with Gasteiger partial charge in [0.2, 0.25) is 0 Å². The molecule has 2 aromatic carbocycles. The Hall–Kier alpha value is -3.95. The third-order valence-electron chi connectivity index (χ3n) is 5.07. The Morgan fingerprint density at radius 1 is 1.12 bits per heavy atom. The van der Waals surface area contributed by atoms with Crippen LogP contribution in [0.5, 0.6) is 0 Å². The van der Waals surface area contributed by atoms with Gasteiger partial charge in [0.25, 0.3) is 0 Å². The molecule has 10 heteroatoms. The standard InChI is InChI=1S/C24H19ClN6O2S/c1-15-20(29-24(32)27-15)10-17-13-26-31-22(34(33)14-16-6-3-2-4-7-16)12-21(30-23(17)31)28-19-9-5-8-18(25)11-19/h2-13H,1,14H2,(H,28,30)(H2,27,29,32)/b20-10-. The van der Waals surface area contributed by atoms with Gasteiger partial charge in [0.1, 0.15) is 10.8 Å². The summed E-state index contributed by atoms with van der Waals surface area (Å²) in [6, 6.07) is 18.6. The number of rotatable bonds is 6. The minimum atomic E-state index is -1.41. The van der Waals surface area contributed by atoms with Gasteiger partial charge in [-0.15, -0.1) is 0 Å². The number of fused-ring (bicyclic) bond motifs is 1. The van der Waals surface area contributed by atoms with Crippen molar-refractivity contribution >= 4 is 52.2 Å². The number of anilines is 2. The van der Waals surface area contributed by atoms with Gasteiger partial charge in [-0.3, -0.25) is 4.21 Å². The molecule has 0 saturated carbocycles. The molecule has 3 aromatic heterocycles. The van der Waals surface area contributed by atoms with E-state index in [1.807, 2.05) is 42.5 Å². The lowest BCUT2D eigenvalue weighted by molar-refractivity contribution is 0.673. The predicted octanol–water partition coefficient (Wildman–Crippen LogP) is 2.69. The van der Waals surface area contributed by atoms with Crippen molar-refractivity contribution in [1.82, 2.24) is 24.6 Å². The second-order valence-electron chi connectivity index (χ2n) is 7.54. The Morgan fingerprint density at radius 3 is 2.68 bits per heavy atom. The van der Waals surface area contributed by atoms with E-state index in [9.17, 15) is 9.00 Å². The van der Waals surface area contributed by atoms with Gasteiger partial charge in [0, 0.05) is 22.3 Å². The molecular formula is C24H19ClN6O2S. The molecule has 0 fully saturated rings. The van der Waals surface area contributed by atoms with E-state index in [0.717, 1.165) is 11.3 Å². The maximum absolute atomic E-state index is 13.4. The van der Waals surface area contributed by atoms with Crippen LogP contribution in [-0.4, -0.2) is 28.8 Å². The first-order chi connectivity index (χ1) is 16.5. The van der Waals surface area contributed by atoms with Gasteiger partial charge in [-0.05, 0) is 29.8 Å². The van der Waals surface area contributed by atoms with Crippen LogP contribution in [0.3, 0.4) is 0 Å². The molecule has 5 aromatic rings. The van der Waals surface area contributed by atoms with Crippen LogP contribution in [0.25, 0.3) is 18.3 Å². The molecule has 0 saturated heterocycles. The molecule has 8 nitrogen and oxygen atoms in total. The summed E-state index contributed by atoms with van der Waals surface area (Å²) in [7, 11) is -1.41. The Bertz CT molecular complexity index is 1690. The van der Waals surface area contributed by atoms with E-state index in [4.69, 9.17) is 16.6 Å². The molecule has 0 amide bonds. The van der Waals surface area contributed by atoms with Gasteiger partial charge in [-0.25, -0.2) is 14.3 Å². The smallest absolute Gasteiger partial charge is 0.323 e. The lowest BCUT2D eigenvalue weighted by atomic mass is 10.2. The van der Waals surface area contributed by atoms with Crippen molar-refractivity contribution < 1.29 is 4.21 Å². The molecule has 1 atom stereocenters. The largest absolute Gasteiger partial charge is 0.340 e. The molecule has 3 heterocycles. The van der Waals surface area contributed by atoms with Gasteiger partial charge in [0.05, 0.1) is 33.4 Å². The van der Waals surface area contributed by atoms with E-state index in [1.165, 1.54) is 0 Å². The van der Waals surface area contributed by atoms with Gasteiger partial charge < -0.3 is 15.3 Å². The summed E-state index contributed by atoms with van der Waals surface area (Å²) >= 11 is 6.13. The second-order valence-corrected chi connectivity index (χ2v) is 9.38. The zero-order chi connectivity index (χ0) is 23.7. The van der Waals surface area contributed by atoms with Gasteiger partial charge >= 0.3 is 5.69 Å². The first-order valence-corrected chi connectivity index (χ1v) is 12.0. The van der Waals surface area contributed by atoms with E-state index >= 15 is 0 Å². The maximum Gasteiger partial charge on any atom is 0.323 e. The van der Waals surface area contributed by atoms with Crippen molar-refractivity contribution in [2.24, 2.45) is 0 Å². The lowest BCUT2D eigenvalue weighted by Crippen LogP contribution is -2.22. The number of hydrogen-bond acceptors (Lipinski definition) is 5. The average molecular weight is 491 g/mol. The highest BCUT2D eigenvalue weighted by atomic mass is 35.5. The van der Waals surface area contributed by atoms with Crippen LogP contribution in [0, 0.1) is 0 Å². The van der Waals surface area contributed by atoms with Crippen LogP contribution in [0.4, 0.5) is 11.5 Å². The van der Waals surface area contributed by atoms with Crippen molar-refractivity contribution in [3.63, 3.8) is 0 Å². The number of imidazole rings is 1. The van der Waals surface area contributed by atoms with E-state index in [1.54, 1.807) is 35.0 Å². The summed E-state index contributed by atoms with van der Waals surface area (Å²) in [5.74, 6) is 0.808. The predicted molar refractivity (Wildman–Crippen MR) is 134 cm³/mol. The quantitative estimate of drug-likeness (QED) is 0.317. The summed E-state index contributed by atoms with van der Waals surface area (Å²) in [5.41, 5.74) is 2.44. The molecule has 0 bridgehead atoms. The monoisotopic (exact) mass is 490 g/mol. The third-order valence-corrected chi connectivity index (χ3v) is 6.66. The van der Waals surface area contributed by atoms with E-state index in [2.05, 4.69) is 27.0 Å². The summed E-state index contributed by atoms with van der Waals surface area (Å²) < 4.78 is 15.0. The highest BCUT2D eigenvalue weighted by Crippen LogP contribution is 2.24. The second kappa shape index (κ2) is 9.12. The molecule has 0 aliphatic rings. The number of hydrogen-bond donors (Lipinski definition) is 3. The Labute approximate surface area is 201 Å². The Kier molecular flexibility index (Phi) is 5.87. The SMILES string of the molecule is C=c1[nH]c(=O)[nH]/c1=C\c1cnn2c(S(=O)Cc3ccccc3)cc(Nc3cccc(Cl)c3)nc12. The molecule has 0 aliphatic heterocycles. The van der Waals surface area contributed by atoms with E-state index < -0.39 is 10.8 Å². The fourth-order valence-corrected chi connectivity index (χ4v) is 4.91. The van der Waals surface area contributed by atoms with Crippen LogP contribution in [0.1, 0.15) is 11.1 Å². The number of aromatic amines is 2. The van der Waals surface area contributed by atoms with Crippen molar-refractivity contribution in [2.45, 2.75) is 10.8 Å². The van der Waals surface area contributed by atoms with Crippen molar-refractivity contribution in [1.29, 1.82) is 0 Å². The van der Waals surface area contributed by atoms with Crippen LogP contribution in [-0.2, 0) is 16.6 Å². The lowest BCUT2D eigenvalue weighted by Gasteiger charge is -2.11. The molecule has 0 radical (unpaired) electrons. The molecule has 0 aliphatic carbocycles. The number of H-pyrrole nitrogens is 2. The third kappa shape index (κ3) is 4.57. The maximum atomic E-state index is 13.4. The fourth-order valence-electron chi connectivity index (χ4n) is 3.51. The van der Waals surface area contributed by atoms with Crippen LogP contribution in [0.15, 0.2) is 76.7 Å². The Balaban J connectivity index is 1.65. The summed E-state index contributed by atoms with van der Waals surface area (Å²) in [5, 5.41) is 9.69. The normalized spacial score (nSPS) is 12.8. The number of nitrogens with one attached hydrogen (secondary N) is 3. The van der Waals surface area contributed by atoms with Crippen molar-refractivity contribution in [3.05, 3.63) is 104 Å². The topological polar surface area (TPSA) is 108 Å². The minimum absolute atomic E-state index is 0.323. The Morgan fingerprint density at radius 2 is 1.94 bits per heavy atom. The van der Waals surface area contributed by atoms with Gasteiger partial charge in [0.15, 0.2) is 5.65 Å². The van der Waals surface area contributed by atoms with Crippen molar-refractivity contribution in [2.75, 3.05) is 5.32 Å². The number of aromatic nitrogens is 5. The van der Waals surface area contributed by atoms with Crippen molar-refractivity contribution in [3.8, 4) is 0 Å². The van der Waals surface area contributed by atoms with Crippen LogP contribution in [0.2, 0.25) is 5.02 Å². The highest BCUT2D eigenvalue weighted by molar-refractivity contribution is 7.84. The molecule has 0 spiro atoms. The zero-order valence-electron chi connectivity index (χ0n) is 17.8. The zero-order valence-corrected chi connectivity index (χ0v) is 19.4. The summed E-state index contributed by atoms with van der Waals surface area (Å²) in [4.78, 5) is 21.6. The number of benzene rings is 2. The van der Waals surface area contributed by atoms with E-state index in [0.29, 0.717) is 43.5 Å². The first-order valence-electron chi connectivity index (χ1n) is 10.3. The molecular weight excluding hydrogens is 472 g/mol. The number of halogens is 1. The minimum Gasteiger partial charge on any atom is -0.340 e. The highest BCUT2D eigenvalue weighted by Gasteiger charge is 2.16. The fraction of sp³-hybridized carbons (Fsp3) is 0.0417. The summed E-state index contributed by atoms with van der Waals surface area (Å²) in [6.45, 7) is 3.84. The molecule has 170 valence electrons. The molecule has 34 heavy (non-hydrogen) atoms. The molecule has 5 rings (SSSR count). The van der Waals surface area contributed by atoms with E-state index in [-0.39, 0.29) is 5.69 Å². The average Bonchev–Trinajstić information content (AvgIpc) is 3.36. The molecule has 3 N–H and O–H groups in total. The van der Waals surface area contributed by atoms with Gasteiger partial charge in [-0.2, -0.15) is 5.10 Å². The molecule has 1 unspecified atom stereocenters. The van der Waals surface area contributed by atoms with Crippen LogP contribution < -0.4 is 21.7 Å².